The summed E-state index contributed by atoms with van der Waals surface area (Å²) in [5, 5.41) is 6.98. The number of anilines is 1. The molecule has 3 nitrogen and oxygen atoms in total. The van der Waals surface area contributed by atoms with Crippen LogP contribution in [-0.2, 0) is 0 Å². The lowest BCUT2D eigenvalue weighted by Gasteiger charge is -2.24. The average molecular weight is 205 g/mol. The molecular weight excluding hydrogens is 186 g/mol. The second-order valence-electron chi connectivity index (χ2n) is 4.22. The van der Waals surface area contributed by atoms with Gasteiger partial charge >= 0.3 is 0 Å². The molecule has 0 aliphatic carbocycles. The fourth-order valence-corrected chi connectivity index (χ4v) is 1.98. The Morgan fingerprint density at radius 2 is 2.47 bits per heavy atom. The molecule has 0 bridgehead atoms. The molecule has 1 fully saturated rings. The van der Waals surface area contributed by atoms with Crippen LogP contribution in [0.1, 0.15) is 24.8 Å². The Labute approximate surface area is 91.3 Å². The average Bonchev–Trinajstić information content (AvgIpc) is 2.29. The maximum atomic E-state index is 4.13. The minimum absolute atomic E-state index is 0.623. The van der Waals surface area contributed by atoms with Crippen LogP contribution < -0.4 is 10.6 Å². The molecule has 0 spiro atoms. The molecule has 82 valence electrons. The molecule has 1 atom stereocenters. The van der Waals surface area contributed by atoms with Crippen LogP contribution in [0.15, 0.2) is 18.5 Å². The van der Waals surface area contributed by atoms with E-state index in [0.717, 1.165) is 12.2 Å². The van der Waals surface area contributed by atoms with E-state index in [2.05, 4.69) is 22.5 Å². The fourth-order valence-electron chi connectivity index (χ4n) is 1.98. The van der Waals surface area contributed by atoms with Crippen molar-refractivity contribution in [1.82, 2.24) is 10.3 Å². The van der Waals surface area contributed by atoms with Crippen LogP contribution in [0, 0.1) is 6.92 Å². The van der Waals surface area contributed by atoms with E-state index in [1.807, 2.05) is 18.5 Å². The van der Waals surface area contributed by atoms with Crippen LogP contribution in [0.25, 0.3) is 0 Å². The summed E-state index contributed by atoms with van der Waals surface area (Å²) in [5.74, 6) is 0. The summed E-state index contributed by atoms with van der Waals surface area (Å²) < 4.78 is 0. The molecule has 1 saturated heterocycles. The van der Waals surface area contributed by atoms with Crippen molar-refractivity contribution in [2.75, 3.05) is 18.4 Å². The van der Waals surface area contributed by atoms with E-state index >= 15 is 0 Å². The van der Waals surface area contributed by atoms with Gasteiger partial charge in [0.1, 0.15) is 0 Å². The van der Waals surface area contributed by atoms with Gasteiger partial charge in [-0.2, -0.15) is 0 Å². The van der Waals surface area contributed by atoms with E-state index in [-0.39, 0.29) is 0 Å². The maximum absolute atomic E-state index is 4.13. The lowest BCUT2D eigenvalue weighted by molar-refractivity contribution is 0.414. The Hall–Kier alpha value is -1.09. The van der Waals surface area contributed by atoms with Gasteiger partial charge in [0.25, 0.3) is 0 Å². The molecule has 1 aliphatic rings. The first-order valence-corrected chi connectivity index (χ1v) is 5.74. The Kier molecular flexibility index (Phi) is 3.56. The van der Waals surface area contributed by atoms with Gasteiger partial charge in [0, 0.05) is 18.8 Å². The normalized spacial score (nSPS) is 21.3. The molecule has 0 amide bonds. The molecule has 3 heteroatoms. The molecule has 1 aromatic rings. The Bertz CT molecular complexity index is 305. The molecule has 1 aromatic heterocycles. The number of piperidine rings is 1. The van der Waals surface area contributed by atoms with Crippen molar-refractivity contribution in [2.45, 2.75) is 32.2 Å². The number of pyridine rings is 1. The van der Waals surface area contributed by atoms with Gasteiger partial charge in [-0.3, -0.25) is 4.98 Å². The lowest BCUT2D eigenvalue weighted by atomic mass is 10.1. The predicted octanol–water partition coefficient (Wildman–Crippen LogP) is 1.94. The molecule has 1 aliphatic heterocycles. The highest BCUT2D eigenvalue weighted by Crippen LogP contribution is 2.13. The summed E-state index contributed by atoms with van der Waals surface area (Å²) in [5.41, 5.74) is 2.42. The first-order valence-electron chi connectivity index (χ1n) is 5.74. The number of aromatic nitrogens is 1. The van der Waals surface area contributed by atoms with Crippen molar-refractivity contribution in [3.63, 3.8) is 0 Å². The van der Waals surface area contributed by atoms with E-state index in [1.165, 1.54) is 31.4 Å². The third kappa shape index (κ3) is 2.93. The first kappa shape index (κ1) is 10.4. The smallest absolute Gasteiger partial charge is 0.0556 e. The van der Waals surface area contributed by atoms with Crippen molar-refractivity contribution in [2.24, 2.45) is 0 Å². The summed E-state index contributed by atoms with van der Waals surface area (Å²) in [6, 6.07) is 2.66. The van der Waals surface area contributed by atoms with Crippen molar-refractivity contribution in [3.8, 4) is 0 Å². The highest BCUT2D eigenvalue weighted by Gasteiger charge is 2.11. The predicted molar refractivity (Wildman–Crippen MR) is 63.1 cm³/mol. The second kappa shape index (κ2) is 5.12. The number of hydrogen-bond donors (Lipinski definition) is 2. The topological polar surface area (TPSA) is 37.0 Å². The van der Waals surface area contributed by atoms with Crippen molar-refractivity contribution in [3.05, 3.63) is 24.0 Å². The largest absolute Gasteiger partial charge is 0.382 e. The van der Waals surface area contributed by atoms with Crippen LogP contribution in [0.4, 0.5) is 5.69 Å². The highest BCUT2D eigenvalue weighted by molar-refractivity contribution is 5.47. The van der Waals surface area contributed by atoms with Crippen LogP contribution in [0.3, 0.4) is 0 Å². The third-order valence-electron chi connectivity index (χ3n) is 2.99. The zero-order chi connectivity index (χ0) is 10.5. The van der Waals surface area contributed by atoms with Gasteiger partial charge in [0.15, 0.2) is 0 Å². The Balaban J connectivity index is 1.84. The van der Waals surface area contributed by atoms with Gasteiger partial charge in [0.2, 0.25) is 0 Å². The number of aryl methyl sites for hydroxylation is 1. The minimum atomic E-state index is 0.623. The number of hydrogen-bond acceptors (Lipinski definition) is 3. The summed E-state index contributed by atoms with van der Waals surface area (Å²) in [6.07, 6.45) is 7.69. The molecule has 2 rings (SSSR count). The molecule has 2 heterocycles. The minimum Gasteiger partial charge on any atom is -0.382 e. The lowest BCUT2D eigenvalue weighted by Crippen LogP contribution is -2.39. The number of nitrogens with one attached hydrogen (secondary N) is 2. The number of rotatable bonds is 3. The molecule has 1 unspecified atom stereocenters. The molecule has 0 aromatic carbocycles. The maximum Gasteiger partial charge on any atom is 0.0556 e. The van der Waals surface area contributed by atoms with E-state index in [4.69, 9.17) is 0 Å². The first-order chi connectivity index (χ1) is 7.36. The summed E-state index contributed by atoms with van der Waals surface area (Å²) >= 11 is 0. The van der Waals surface area contributed by atoms with Crippen LogP contribution in [-0.4, -0.2) is 24.1 Å². The zero-order valence-electron chi connectivity index (χ0n) is 9.29. The number of nitrogens with zero attached hydrogens (tertiary/aromatic N) is 1. The molecule has 0 radical (unpaired) electrons. The van der Waals surface area contributed by atoms with Crippen molar-refractivity contribution >= 4 is 5.69 Å². The van der Waals surface area contributed by atoms with Crippen LogP contribution in [0.2, 0.25) is 0 Å². The molecule has 0 saturated carbocycles. The summed E-state index contributed by atoms with van der Waals surface area (Å²) in [6.45, 7) is 4.28. The monoisotopic (exact) mass is 205 g/mol. The van der Waals surface area contributed by atoms with Gasteiger partial charge in [-0.25, -0.2) is 0 Å². The second-order valence-corrected chi connectivity index (χ2v) is 4.22. The van der Waals surface area contributed by atoms with Gasteiger partial charge in [-0.15, -0.1) is 0 Å². The molecule has 15 heavy (non-hydrogen) atoms. The fraction of sp³-hybridized carbons (Fsp3) is 0.583. The van der Waals surface area contributed by atoms with E-state index < -0.39 is 0 Å². The van der Waals surface area contributed by atoms with E-state index in [1.54, 1.807) is 0 Å². The van der Waals surface area contributed by atoms with Gasteiger partial charge < -0.3 is 10.6 Å². The molecule has 2 N–H and O–H groups in total. The van der Waals surface area contributed by atoms with Gasteiger partial charge in [0.05, 0.1) is 11.9 Å². The summed E-state index contributed by atoms with van der Waals surface area (Å²) in [7, 11) is 0. The van der Waals surface area contributed by atoms with Gasteiger partial charge in [-0.1, -0.05) is 6.42 Å². The van der Waals surface area contributed by atoms with E-state index in [9.17, 15) is 0 Å². The highest BCUT2D eigenvalue weighted by atomic mass is 15.0. The quantitative estimate of drug-likeness (QED) is 0.792. The van der Waals surface area contributed by atoms with E-state index in [0.29, 0.717) is 6.04 Å². The van der Waals surface area contributed by atoms with Gasteiger partial charge in [-0.05, 0) is 37.9 Å². The van der Waals surface area contributed by atoms with Crippen molar-refractivity contribution in [1.29, 1.82) is 0 Å². The van der Waals surface area contributed by atoms with Crippen LogP contribution >= 0.6 is 0 Å². The Morgan fingerprint density at radius 1 is 1.53 bits per heavy atom. The van der Waals surface area contributed by atoms with Crippen LogP contribution in [0.5, 0.6) is 0 Å². The van der Waals surface area contributed by atoms with Crippen molar-refractivity contribution < 1.29 is 0 Å². The molecular formula is C12H19N3. The third-order valence-corrected chi connectivity index (χ3v) is 2.99. The zero-order valence-corrected chi connectivity index (χ0v) is 9.29. The standard InChI is InChI=1S/C12H19N3/c1-10-5-7-13-9-12(10)15-8-11-4-2-3-6-14-11/h5,7,9,11,14-15H,2-4,6,8H2,1H3. The Morgan fingerprint density at radius 3 is 3.20 bits per heavy atom. The SMILES string of the molecule is Cc1ccncc1NCC1CCCCN1. The summed E-state index contributed by atoms with van der Waals surface area (Å²) in [4.78, 5) is 4.13.